The second kappa shape index (κ2) is 16.3. The van der Waals surface area contributed by atoms with Crippen LogP contribution < -0.4 is 10.8 Å². The van der Waals surface area contributed by atoms with E-state index in [2.05, 4.69) is 48.5 Å². The highest BCUT2D eigenvalue weighted by atomic mass is 16.7. The number of carbonyl (C=O) groups is 2. The Morgan fingerprint density at radius 2 is 1.53 bits per heavy atom. The van der Waals surface area contributed by atoms with Gasteiger partial charge in [0.15, 0.2) is 6.29 Å². The van der Waals surface area contributed by atoms with Crippen LogP contribution in [0.4, 0.5) is 5.69 Å². The third-order valence-electron chi connectivity index (χ3n) is 7.95. The molecule has 9 nitrogen and oxygen atoms in total. The molecule has 0 aromatic heterocycles. The van der Waals surface area contributed by atoms with E-state index in [1.807, 2.05) is 54.6 Å². The molecule has 3 aromatic carbocycles. The molecule has 0 spiro atoms. The summed E-state index contributed by atoms with van der Waals surface area (Å²) in [6.07, 6.45) is 2.44. The Kier molecular flexibility index (Phi) is 12.3. The molecular weight excluding hydrogens is 546 g/mol. The average molecular weight is 590 g/mol. The highest BCUT2D eigenvalue weighted by Gasteiger charge is 2.33. The molecule has 43 heavy (non-hydrogen) atoms. The number of unbranched alkanes of at least 4 members (excludes halogenated alkanes) is 2. The summed E-state index contributed by atoms with van der Waals surface area (Å²) in [6.45, 7) is 2.91. The molecule has 1 fully saturated rings. The zero-order chi connectivity index (χ0) is 30.6. The van der Waals surface area contributed by atoms with E-state index in [4.69, 9.17) is 14.7 Å². The van der Waals surface area contributed by atoms with Gasteiger partial charge in [0, 0.05) is 43.1 Å². The van der Waals surface area contributed by atoms with Crippen molar-refractivity contribution >= 4 is 17.5 Å². The van der Waals surface area contributed by atoms with Gasteiger partial charge in [-0.2, -0.15) is 0 Å². The van der Waals surface area contributed by atoms with Crippen molar-refractivity contribution in [1.29, 1.82) is 0 Å². The smallest absolute Gasteiger partial charge is 0.243 e. The van der Waals surface area contributed by atoms with Gasteiger partial charge in [-0.05, 0) is 55.6 Å². The average Bonchev–Trinajstić information content (AvgIpc) is 3.04. The van der Waals surface area contributed by atoms with Gasteiger partial charge in [-0.1, -0.05) is 73.2 Å². The number of rotatable bonds is 14. The van der Waals surface area contributed by atoms with Crippen molar-refractivity contribution in [3.63, 3.8) is 0 Å². The number of benzene rings is 3. The van der Waals surface area contributed by atoms with Gasteiger partial charge in [0.25, 0.3) is 0 Å². The second-order valence-electron chi connectivity index (χ2n) is 11.1. The fourth-order valence-electron chi connectivity index (χ4n) is 5.25. The first-order chi connectivity index (χ1) is 20.9. The van der Waals surface area contributed by atoms with E-state index < -0.39 is 12.2 Å². The molecule has 4 N–H and O–H groups in total. The summed E-state index contributed by atoms with van der Waals surface area (Å²) in [5.41, 5.74) is 6.30. The summed E-state index contributed by atoms with van der Waals surface area (Å²) in [4.78, 5) is 25.8. The molecule has 1 aliphatic heterocycles. The third-order valence-corrected chi connectivity index (χ3v) is 7.95. The van der Waals surface area contributed by atoms with Crippen LogP contribution in [0.15, 0.2) is 78.9 Å². The summed E-state index contributed by atoms with van der Waals surface area (Å²) in [7, 11) is 2.11. The number of aliphatic hydroxyl groups is 1. The number of nitrogens with zero attached hydrogens (tertiary/aromatic N) is 1. The number of nitrogens with one attached hydrogen (secondary N) is 2. The minimum absolute atomic E-state index is 0.00538. The summed E-state index contributed by atoms with van der Waals surface area (Å²) in [6, 6.07) is 26.0. The standard InChI is InChI=1S/C34H43N3O6/c1-24(26-9-5-3-6-10-26)37(2)22-30-21-31(27-15-13-25(23-38)14-16-27)43-34(42-30)28-17-19-29(20-18-28)35-32(39)11-7-4-8-12-33(40)36-41/h3,5-6,9-10,13-20,24,30-31,34,38,41H,4,7-8,11-12,21-23H2,1-2H3,(H,35,39)(H,36,40). The van der Waals surface area contributed by atoms with E-state index in [0.29, 0.717) is 31.4 Å². The lowest BCUT2D eigenvalue weighted by Crippen LogP contribution is -2.38. The molecule has 230 valence electrons. The van der Waals surface area contributed by atoms with E-state index in [9.17, 15) is 14.7 Å². The molecule has 4 unspecified atom stereocenters. The molecule has 3 aromatic rings. The Hall–Kier alpha value is -3.60. The third kappa shape index (κ3) is 9.71. The Morgan fingerprint density at radius 3 is 2.19 bits per heavy atom. The minimum Gasteiger partial charge on any atom is -0.392 e. The lowest BCUT2D eigenvalue weighted by Gasteiger charge is -2.39. The Labute approximate surface area is 253 Å². The van der Waals surface area contributed by atoms with Crippen molar-refractivity contribution in [3.05, 3.63) is 101 Å². The van der Waals surface area contributed by atoms with E-state index in [0.717, 1.165) is 29.7 Å². The number of amides is 2. The van der Waals surface area contributed by atoms with Crippen LogP contribution in [0, 0.1) is 0 Å². The summed E-state index contributed by atoms with van der Waals surface area (Å²) < 4.78 is 13.0. The highest BCUT2D eigenvalue weighted by molar-refractivity contribution is 5.90. The lowest BCUT2D eigenvalue weighted by molar-refractivity contribution is -0.253. The maximum absolute atomic E-state index is 12.4. The molecule has 1 heterocycles. The highest BCUT2D eigenvalue weighted by Crippen LogP contribution is 2.39. The Balaban J connectivity index is 1.39. The van der Waals surface area contributed by atoms with Gasteiger partial charge in [0.05, 0.1) is 18.8 Å². The molecule has 1 saturated heterocycles. The van der Waals surface area contributed by atoms with Crippen molar-refractivity contribution in [1.82, 2.24) is 10.4 Å². The van der Waals surface area contributed by atoms with E-state index in [1.165, 1.54) is 5.56 Å². The Bertz CT molecular complexity index is 1290. The zero-order valence-corrected chi connectivity index (χ0v) is 24.9. The van der Waals surface area contributed by atoms with Crippen LogP contribution in [0.25, 0.3) is 0 Å². The van der Waals surface area contributed by atoms with Gasteiger partial charge in [-0.15, -0.1) is 0 Å². The molecule has 4 rings (SSSR count). The normalized spacial score (nSPS) is 19.1. The van der Waals surface area contributed by atoms with Crippen LogP contribution in [-0.4, -0.2) is 46.7 Å². The molecule has 2 amide bonds. The van der Waals surface area contributed by atoms with Crippen molar-refractivity contribution in [2.45, 2.75) is 76.6 Å². The summed E-state index contributed by atoms with van der Waals surface area (Å²) in [5.74, 6) is -0.506. The largest absolute Gasteiger partial charge is 0.392 e. The predicted molar refractivity (Wildman–Crippen MR) is 164 cm³/mol. The van der Waals surface area contributed by atoms with Gasteiger partial charge in [-0.3, -0.25) is 19.7 Å². The van der Waals surface area contributed by atoms with Gasteiger partial charge in [0.1, 0.15) is 0 Å². The first kappa shape index (κ1) is 32.3. The quantitative estimate of drug-likeness (QED) is 0.106. The topological polar surface area (TPSA) is 120 Å². The number of ether oxygens (including phenoxy) is 2. The maximum atomic E-state index is 12.4. The van der Waals surface area contributed by atoms with Crippen molar-refractivity contribution in [2.75, 3.05) is 18.9 Å². The lowest BCUT2D eigenvalue weighted by atomic mass is 9.99. The van der Waals surface area contributed by atoms with Crippen molar-refractivity contribution < 1.29 is 29.4 Å². The molecule has 0 saturated carbocycles. The monoisotopic (exact) mass is 589 g/mol. The Morgan fingerprint density at radius 1 is 0.884 bits per heavy atom. The number of anilines is 1. The number of aliphatic hydroxyl groups excluding tert-OH is 1. The number of hydrogen-bond donors (Lipinski definition) is 4. The number of hydroxylamine groups is 1. The fourth-order valence-corrected chi connectivity index (χ4v) is 5.25. The second-order valence-corrected chi connectivity index (χ2v) is 11.1. The van der Waals surface area contributed by atoms with Gasteiger partial charge >= 0.3 is 0 Å². The minimum atomic E-state index is -0.581. The molecule has 0 aliphatic carbocycles. The van der Waals surface area contributed by atoms with Crippen LogP contribution in [0.2, 0.25) is 0 Å². The molecule has 0 radical (unpaired) electrons. The van der Waals surface area contributed by atoms with Crippen LogP contribution >= 0.6 is 0 Å². The fraction of sp³-hybridized carbons (Fsp3) is 0.412. The molecule has 1 aliphatic rings. The van der Waals surface area contributed by atoms with Crippen molar-refractivity contribution in [3.8, 4) is 0 Å². The zero-order valence-electron chi connectivity index (χ0n) is 24.9. The van der Waals surface area contributed by atoms with Crippen LogP contribution in [0.3, 0.4) is 0 Å². The van der Waals surface area contributed by atoms with E-state index >= 15 is 0 Å². The molecular formula is C34H43N3O6. The first-order valence-electron chi connectivity index (χ1n) is 14.9. The molecule has 0 bridgehead atoms. The van der Waals surface area contributed by atoms with Crippen LogP contribution in [0.5, 0.6) is 0 Å². The summed E-state index contributed by atoms with van der Waals surface area (Å²) in [5, 5.41) is 21.0. The molecule has 4 atom stereocenters. The summed E-state index contributed by atoms with van der Waals surface area (Å²) >= 11 is 0. The van der Waals surface area contributed by atoms with Gasteiger partial charge in [0.2, 0.25) is 11.8 Å². The van der Waals surface area contributed by atoms with Crippen LogP contribution in [-0.2, 0) is 25.7 Å². The van der Waals surface area contributed by atoms with Crippen LogP contribution in [0.1, 0.15) is 86.1 Å². The number of hydrogen-bond acceptors (Lipinski definition) is 7. The van der Waals surface area contributed by atoms with Gasteiger partial charge in [-0.25, -0.2) is 5.48 Å². The maximum Gasteiger partial charge on any atom is 0.243 e. The van der Waals surface area contributed by atoms with E-state index in [1.54, 1.807) is 5.48 Å². The number of carbonyl (C=O) groups excluding carboxylic acids is 2. The van der Waals surface area contributed by atoms with Gasteiger partial charge < -0.3 is 19.9 Å². The van der Waals surface area contributed by atoms with Crippen molar-refractivity contribution in [2.24, 2.45) is 0 Å². The predicted octanol–water partition coefficient (Wildman–Crippen LogP) is 5.81. The SMILES string of the molecule is CC(c1ccccc1)N(C)CC1CC(c2ccc(CO)cc2)OC(c2ccc(NC(=O)CCCCCC(=O)NO)cc2)O1. The molecule has 9 heteroatoms. The van der Waals surface area contributed by atoms with E-state index in [-0.39, 0.29) is 37.2 Å². The first-order valence-corrected chi connectivity index (χ1v) is 14.9. The number of likely N-dealkylation sites (N-methyl/N-ethyl adjacent to an activating group) is 1.